The van der Waals surface area contributed by atoms with Crippen molar-refractivity contribution in [3.8, 4) is 11.3 Å². The lowest BCUT2D eigenvalue weighted by Crippen LogP contribution is -2.35. The third-order valence-corrected chi connectivity index (χ3v) is 5.88. The molecule has 0 radical (unpaired) electrons. The number of aromatic amines is 1. The number of allylic oxidation sites excluding steroid dienone is 1. The normalized spacial score (nSPS) is 15.9. The summed E-state index contributed by atoms with van der Waals surface area (Å²) in [6.07, 6.45) is 7.52. The number of halogens is 3. The van der Waals surface area contributed by atoms with Crippen LogP contribution in [-0.4, -0.2) is 21.9 Å². The van der Waals surface area contributed by atoms with Crippen molar-refractivity contribution in [1.82, 2.24) is 15.3 Å². The first-order chi connectivity index (χ1) is 14.5. The van der Waals surface area contributed by atoms with Gasteiger partial charge >= 0.3 is 0 Å². The number of nitrogens with zero attached hydrogens (tertiary/aromatic N) is 1. The first-order valence-corrected chi connectivity index (χ1v) is 10.9. The molecular weight excluding hydrogens is 441 g/mol. The summed E-state index contributed by atoms with van der Waals surface area (Å²) in [6, 6.07) is 13.0. The van der Waals surface area contributed by atoms with Gasteiger partial charge in [-0.05, 0) is 55.2 Å². The van der Waals surface area contributed by atoms with E-state index in [1.807, 2.05) is 30.3 Å². The Morgan fingerprint density at radius 1 is 1.07 bits per heavy atom. The van der Waals surface area contributed by atoms with Crippen molar-refractivity contribution in [1.29, 1.82) is 0 Å². The van der Waals surface area contributed by atoms with Crippen molar-refractivity contribution in [2.24, 2.45) is 0 Å². The molecule has 1 aromatic heterocycles. The van der Waals surface area contributed by atoms with Crippen molar-refractivity contribution in [2.75, 3.05) is 0 Å². The van der Waals surface area contributed by atoms with Crippen molar-refractivity contribution in [2.45, 2.75) is 31.7 Å². The third-order valence-electron chi connectivity index (χ3n) is 5.08. The molecule has 1 heterocycles. The lowest BCUT2D eigenvalue weighted by Gasteiger charge is -2.18. The fraction of sp³-hybridized carbons (Fsp3) is 0.217. The highest BCUT2D eigenvalue weighted by molar-refractivity contribution is 6.36. The average molecular weight is 461 g/mol. The van der Waals surface area contributed by atoms with E-state index in [9.17, 15) is 4.79 Å². The summed E-state index contributed by atoms with van der Waals surface area (Å²) < 4.78 is 0. The molecule has 0 fully saturated rings. The molecule has 2 N–H and O–H groups in total. The maximum absolute atomic E-state index is 12.8. The van der Waals surface area contributed by atoms with Crippen molar-refractivity contribution in [3.05, 3.63) is 86.8 Å². The minimum atomic E-state index is -0.219. The van der Waals surface area contributed by atoms with E-state index in [1.165, 1.54) is 0 Å². The van der Waals surface area contributed by atoms with E-state index in [1.54, 1.807) is 12.1 Å². The van der Waals surface area contributed by atoms with E-state index >= 15 is 0 Å². The van der Waals surface area contributed by atoms with Gasteiger partial charge in [0.25, 0.3) is 5.91 Å². The lowest BCUT2D eigenvalue weighted by molar-refractivity contribution is 0.0925. The van der Waals surface area contributed by atoms with Crippen LogP contribution in [-0.2, 0) is 6.42 Å². The van der Waals surface area contributed by atoms with E-state index in [0.29, 0.717) is 27.2 Å². The first-order valence-electron chi connectivity index (χ1n) is 9.74. The Balaban J connectivity index is 1.67. The van der Waals surface area contributed by atoms with Gasteiger partial charge in [0.05, 0.1) is 10.7 Å². The summed E-state index contributed by atoms with van der Waals surface area (Å²) in [6.45, 7) is 0. The predicted molar refractivity (Wildman–Crippen MR) is 123 cm³/mol. The number of H-pyrrole nitrogens is 1. The Morgan fingerprint density at radius 2 is 1.83 bits per heavy atom. The van der Waals surface area contributed by atoms with Crippen molar-refractivity contribution in [3.63, 3.8) is 0 Å². The number of aromatic nitrogens is 2. The summed E-state index contributed by atoms with van der Waals surface area (Å²) in [4.78, 5) is 20.7. The van der Waals surface area contributed by atoms with E-state index in [-0.39, 0.29) is 17.8 Å². The van der Waals surface area contributed by atoms with Gasteiger partial charge in [0.1, 0.15) is 0 Å². The monoisotopic (exact) mass is 459 g/mol. The molecule has 0 saturated heterocycles. The summed E-state index contributed by atoms with van der Waals surface area (Å²) in [5.41, 5.74) is 3.20. The van der Waals surface area contributed by atoms with Gasteiger partial charge in [0.15, 0.2) is 5.82 Å². The molecule has 30 heavy (non-hydrogen) atoms. The Labute approximate surface area is 190 Å². The smallest absolute Gasteiger partial charge is 0.287 e. The van der Waals surface area contributed by atoms with Gasteiger partial charge < -0.3 is 10.3 Å². The Kier molecular flexibility index (Phi) is 6.47. The summed E-state index contributed by atoms with van der Waals surface area (Å²) in [5.74, 6) is 0.0542. The highest BCUT2D eigenvalue weighted by Crippen LogP contribution is 2.32. The number of benzene rings is 2. The van der Waals surface area contributed by atoms with Gasteiger partial charge in [-0.3, -0.25) is 4.79 Å². The van der Waals surface area contributed by atoms with Gasteiger partial charge in [0.2, 0.25) is 0 Å². The number of carbonyl (C=O) groups is 1. The third kappa shape index (κ3) is 4.89. The molecule has 0 saturated carbocycles. The zero-order chi connectivity index (χ0) is 21.1. The van der Waals surface area contributed by atoms with Gasteiger partial charge in [0, 0.05) is 33.8 Å². The standard InChI is InChI=1S/C23H20Cl3N3O/c24-15-8-6-14(7-9-15)12-20-21(18-11-10-16(25)13-19(18)26)29-22(28-20)23(30)27-17-4-2-1-3-5-17/h1-2,6-11,13,17H,3-5,12H2,(H,27,30)(H,28,29). The fourth-order valence-corrected chi connectivity index (χ4v) is 4.16. The number of carbonyl (C=O) groups excluding carboxylic acids is 1. The molecule has 4 rings (SSSR count). The van der Waals surface area contributed by atoms with Crippen LogP contribution < -0.4 is 5.32 Å². The zero-order valence-corrected chi connectivity index (χ0v) is 18.4. The van der Waals surface area contributed by atoms with Crippen LogP contribution >= 0.6 is 34.8 Å². The molecule has 0 aliphatic heterocycles. The Hall–Kier alpha value is -2.27. The largest absolute Gasteiger partial charge is 0.346 e. The summed E-state index contributed by atoms with van der Waals surface area (Å²) in [7, 11) is 0. The zero-order valence-electron chi connectivity index (χ0n) is 16.1. The lowest BCUT2D eigenvalue weighted by atomic mass is 10.0. The SMILES string of the molecule is O=C(NC1CC=CCC1)c1nc(-c2ccc(Cl)cc2Cl)c(Cc2ccc(Cl)cc2)[nH]1. The van der Waals surface area contributed by atoms with Crippen LogP contribution in [0.15, 0.2) is 54.6 Å². The minimum Gasteiger partial charge on any atom is -0.346 e. The van der Waals surface area contributed by atoms with Crippen LogP contribution in [0.3, 0.4) is 0 Å². The van der Waals surface area contributed by atoms with Crippen molar-refractivity contribution >= 4 is 40.7 Å². The van der Waals surface area contributed by atoms with Crippen LogP contribution in [0.5, 0.6) is 0 Å². The van der Waals surface area contributed by atoms with Crippen LogP contribution in [0.25, 0.3) is 11.3 Å². The van der Waals surface area contributed by atoms with Crippen LogP contribution in [0.1, 0.15) is 41.1 Å². The van der Waals surface area contributed by atoms with Gasteiger partial charge in [-0.1, -0.05) is 59.1 Å². The molecule has 1 aliphatic rings. The molecule has 3 aromatic rings. The molecule has 0 spiro atoms. The van der Waals surface area contributed by atoms with Gasteiger partial charge in [-0.25, -0.2) is 4.98 Å². The van der Waals surface area contributed by atoms with E-state index in [4.69, 9.17) is 34.8 Å². The molecular formula is C23H20Cl3N3O. The molecule has 2 aromatic carbocycles. The molecule has 154 valence electrons. The van der Waals surface area contributed by atoms with Gasteiger partial charge in [-0.2, -0.15) is 0 Å². The number of hydrogen-bond acceptors (Lipinski definition) is 2. The molecule has 4 nitrogen and oxygen atoms in total. The highest BCUT2D eigenvalue weighted by Gasteiger charge is 2.21. The van der Waals surface area contributed by atoms with Gasteiger partial charge in [-0.15, -0.1) is 0 Å². The number of rotatable bonds is 5. The van der Waals surface area contributed by atoms with Crippen LogP contribution in [0.2, 0.25) is 15.1 Å². The minimum absolute atomic E-state index is 0.120. The molecule has 1 aliphatic carbocycles. The average Bonchev–Trinajstić information content (AvgIpc) is 3.14. The molecule has 1 unspecified atom stereocenters. The number of nitrogens with one attached hydrogen (secondary N) is 2. The number of amides is 1. The Bertz CT molecular complexity index is 1090. The molecule has 0 bridgehead atoms. The molecule has 1 atom stereocenters. The second-order valence-corrected chi connectivity index (χ2v) is 8.57. The topological polar surface area (TPSA) is 57.8 Å². The second kappa shape index (κ2) is 9.25. The maximum atomic E-state index is 12.8. The number of hydrogen-bond donors (Lipinski definition) is 2. The highest BCUT2D eigenvalue weighted by atomic mass is 35.5. The first kappa shape index (κ1) is 21.0. The van der Waals surface area contributed by atoms with E-state index in [0.717, 1.165) is 36.1 Å². The van der Waals surface area contributed by atoms with Crippen molar-refractivity contribution < 1.29 is 4.79 Å². The van der Waals surface area contributed by atoms with Crippen LogP contribution in [0.4, 0.5) is 0 Å². The van der Waals surface area contributed by atoms with E-state index < -0.39 is 0 Å². The number of imidazole rings is 1. The maximum Gasteiger partial charge on any atom is 0.287 e. The quantitative estimate of drug-likeness (QED) is 0.429. The molecule has 7 heteroatoms. The van der Waals surface area contributed by atoms with E-state index in [2.05, 4.69) is 27.4 Å². The second-order valence-electron chi connectivity index (χ2n) is 7.29. The molecule has 1 amide bonds. The van der Waals surface area contributed by atoms with Crippen LogP contribution in [0, 0.1) is 0 Å². The fourth-order valence-electron chi connectivity index (χ4n) is 3.53. The predicted octanol–water partition coefficient (Wildman–Crippen LogP) is 6.47. The Morgan fingerprint density at radius 3 is 2.53 bits per heavy atom. The summed E-state index contributed by atoms with van der Waals surface area (Å²) >= 11 is 18.5. The summed E-state index contributed by atoms with van der Waals surface area (Å²) in [5, 5.41) is 4.76.